The Hall–Kier alpha value is -2.67. The molecule has 2 aromatic carbocycles. The average Bonchev–Trinajstić information content (AvgIpc) is 3.13. The molecule has 1 aliphatic rings. The molecule has 0 saturated heterocycles. The lowest BCUT2D eigenvalue weighted by Crippen LogP contribution is -2.33. The quantitative estimate of drug-likeness (QED) is 0.627. The van der Waals surface area contributed by atoms with Gasteiger partial charge in [-0.1, -0.05) is 43.8 Å². The summed E-state index contributed by atoms with van der Waals surface area (Å²) in [6, 6.07) is 13.3. The number of ether oxygens (including phenoxy) is 2. The Kier molecular flexibility index (Phi) is 5.43. The largest absolute Gasteiger partial charge is 0.486 e. The SMILES string of the molecule is CC(C)[C@@H](NC(=O)CSc1nc2ccccc2o1)c1ccc2c(c1)OCCO2. The van der Waals surface area contributed by atoms with Crippen LogP contribution < -0.4 is 14.8 Å². The number of thioether (sulfide) groups is 1. The molecule has 0 radical (unpaired) electrons. The second-order valence-electron chi connectivity index (χ2n) is 6.93. The topological polar surface area (TPSA) is 73.6 Å². The molecule has 28 heavy (non-hydrogen) atoms. The van der Waals surface area contributed by atoms with E-state index in [1.165, 1.54) is 11.8 Å². The van der Waals surface area contributed by atoms with Crippen LogP contribution in [0.25, 0.3) is 11.1 Å². The molecule has 7 heteroatoms. The minimum Gasteiger partial charge on any atom is -0.486 e. The van der Waals surface area contributed by atoms with E-state index in [0.29, 0.717) is 18.4 Å². The van der Waals surface area contributed by atoms with E-state index < -0.39 is 0 Å². The molecule has 1 amide bonds. The molecule has 3 aromatic rings. The molecule has 6 nitrogen and oxygen atoms in total. The molecule has 146 valence electrons. The van der Waals surface area contributed by atoms with E-state index in [2.05, 4.69) is 24.1 Å². The minimum absolute atomic E-state index is 0.0687. The smallest absolute Gasteiger partial charge is 0.257 e. The number of fused-ring (bicyclic) bond motifs is 2. The van der Waals surface area contributed by atoms with Gasteiger partial charge in [0, 0.05) is 0 Å². The van der Waals surface area contributed by atoms with E-state index >= 15 is 0 Å². The van der Waals surface area contributed by atoms with Gasteiger partial charge in [-0.3, -0.25) is 4.79 Å². The molecule has 0 unspecified atom stereocenters. The Labute approximate surface area is 167 Å². The highest BCUT2D eigenvalue weighted by Crippen LogP contribution is 2.34. The molecular formula is C21H22N2O4S. The van der Waals surface area contributed by atoms with Crippen molar-refractivity contribution in [3.05, 3.63) is 48.0 Å². The molecule has 1 aromatic heterocycles. The lowest BCUT2D eigenvalue weighted by Gasteiger charge is -2.25. The van der Waals surface area contributed by atoms with Crippen LogP contribution in [0.1, 0.15) is 25.5 Å². The number of carbonyl (C=O) groups is 1. The number of nitrogens with one attached hydrogen (secondary N) is 1. The van der Waals surface area contributed by atoms with Crippen molar-refractivity contribution in [2.75, 3.05) is 19.0 Å². The zero-order valence-electron chi connectivity index (χ0n) is 15.8. The molecule has 2 heterocycles. The van der Waals surface area contributed by atoms with Crippen LogP contribution in [0.2, 0.25) is 0 Å². The van der Waals surface area contributed by atoms with Gasteiger partial charge in [-0.05, 0) is 35.7 Å². The second kappa shape index (κ2) is 8.14. The van der Waals surface area contributed by atoms with Crippen molar-refractivity contribution in [1.82, 2.24) is 10.3 Å². The van der Waals surface area contributed by atoms with Crippen LogP contribution in [0.4, 0.5) is 0 Å². The maximum atomic E-state index is 12.6. The van der Waals surface area contributed by atoms with Crippen LogP contribution >= 0.6 is 11.8 Å². The summed E-state index contributed by atoms with van der Waals surface area (Å²) >= 11 is 1.29. The van der Waals surface area contributed by atoms with Gasteiger partial charge >= 0.3 is 0 Å². The number of amides is 1. The van der Waals surface area contributed by atoms with E-state index in [-0.39, 0.29) is 23.6 Å². The molecule has 1 aliphatic heterocycles. The molecule has 0 spiro atoms. The molecule has 4 rings (SSSR count). The van der Waals surface area contributed by atoms with Crippen molar-refractivity contribution in [3.63, 3.8) is 0 Å². The third-order valence-corrected chi connectivity index (χ3v) is 5.34. The first-order chi connectivity index (χ1) is 13.6. The number of para-hydroxylation sites is 2. The van der Waals surface area contributed by atoms with Gasteiger partial charge < -0.3 is 19.2 Å². The van der Waals surface area contributed by atoms with Crippen molar-refractivity contribution < 1.29 is 18.7 Å². The first kappa shape index (κ1) is 18.7. The lowest BCUT2D eigenvalue weighted by molar-refractivity contribution is -0.119. The van der Waals surface area contributed by atoms with Crippen LogP contribution in [0.3, 0.4) is 0 Å². The number of nitrogens with zero attached hydrogens (tertiary/aromatic N) is 1. The third kappa shape index (κ3) is 4.09. The van der Waals surface area contributed by atoms with Crippen LogP contribution in [0.5, 0.6) is 11.5 Å². The van der Waals surface area contributed by atoms with Crippen LogP contribution in [-0.4, -0.2) is 29.9 Å². The summed E-state index contributed by atoms with van der Waals surface area (Å²) < 4.78 is 16.9. The molecule has 0 aliphatic carbocycles. The molecule has 0 saturated carbocycles. The van der Waals surface area contributed by atoms with E-state index in [1.807, 2.05) is 42.5 Å². The van der Waals surface area contributed by atoms with Crippen molar-refractivity contribution in [3.8, 4) is 11.5 Å². The number of rotatable bonds is 6. The standard InChI is InChI=1S/C21H22N2O4S/c1-13(2)20(14-7-8-17-18(11-14)26-10-9-25-17)23-19(24)12-28-21-22-15-5-3-4-6-16(15)27-21/h3-8,11,13,20H,9-10,12H2,1-2H3,(H,23,24)/t20-/m1/s1. The Morgan fingerprint density at radius 1 is 1.14 bits per heavy atom. The fourth-order valence-corrected chi connectivity index (χ4v) is 3.79. The Morgan fingerprint density at radius 2 is 1.93 bits per heavy atom. The predicted octanol–water partition coefficient (Wildman–Crippen LogP) is 4.20. The number of benzene rings is 2. The lowest BCUT2D eigenvalue weighted by atomic mass is 9.95. The molecular weight excluding hydrogens is 376 g/mol. The summed E-state index contributed by atoms with van der Waals surface area (Å²) in [6.45, 7) is 5.26. The monoisotopic (exact) mass is 398 g/mol. The first-order valence-electron chi connectivity index (χ1n) is 9.27. The fraction of sp³-hybridized carbons (Fsp3) is 0.333. The molecule has 0 bridgehead atoms. The van der Waals surface area contributed by atoms with Gasteiger partial charge in [0.2, 0.25) is 5.91 Å². The molecule has 0 fully saturated rings. The van der Waals surface area contributed by atoms with Crippen LogP contribution in [-0.2, 0) is 4.79 Å². The second-order valence-corrected chi connectivity index (χ2v) is 7.86. The van der Waals surface area contributed by atoms with Gasteiger partial charge in [0.15, 0.2) is 17.1 Å². The highest BCUT2D eigenvalue weighted by Gasteiger charge is 2.22. The number of hydrogen-bond donors (Lipinski definition) is 1. The van der Waals surface area contributed by atoms with E-state index in [4.69, 9.17) is 13.9 Å². The summed E-state index contributed by atoms with van der Waals surface area (Å²) in [5.74, 6) is 1.86. The first-order valence-corrected chi connectivity index (χ1v) is 10.3. The predicted molar refractivity (Wildman–Crippen MR) is 108 cm³/mol. The van der Waals surface area contributed by atoms with Gasteiger partial charge in [0.25, 0.3) is 5.22 Å². The van der Waals surface area contributed by atoms with Gasteiger partial charge in [-0.25, -0.2) is 4.98 Å². The zero-order chi connectivity index (χ0) is 19.5. The summed E-state index contributed by atoms with van der Waals surface area (Å²) in [5, 5.41) is 3.61. The van der Waals surface area contributed by atoms with E-state index in [0.717, 1.165) is 28.2 Å². The van der Waals surface area contributed by atoms with E-state index in [9.17, 15) is 4.79 Å². The van der Waals surface area contributed by atoms with Crippen molar-refractivity contribution >= 4 is 28.8 Å². The van der Waals surface area contributed by atoms with Gasteiger partial charge in [0.05, 0.1) is 11.8 Å². The van der Waals surface area contributed by atoms with Crippen molar-refractivity contribution in [2.24, 2.45) is 5.92 Å². The van der Waals surface area contributed by atoms with E-state index in [1.54, 1.807) is 0 Å². The average molecular weight is 398 g/mol. The van der Waals surface area contributed by atoms with Gasteiger partial charge in [-0.2, -0.15) is 0 Å². The molecule has 1 atom stereocenters. The van der Waals surface area contributed by atoms with Crippen LogP contribution in [0.15, 0.2) is 52.1 Å². The van der Waals surface area contributed by atoms with Crippen LogP contribution in [0, 0.1) is 5.92 Å². The fourth-order valence-electron chi connectivity index (χ4n) is 3.14. The summed E-state index contributed by atoms with van der Waals surface area (Å²) in [6.07, 6.45) is 0. The van der Waals surface area contributed by atoms with Crippen molar-refractivity contribution in [2.45, 2.75) is 25.1 Å². The van der Waals surface area contributed by atoms with Gasteiger partial charge in [-0.15, -0.1) is 0 Å². The van der Waals surface area contributed by atoms with Gasteiger partial charge in [0.1, 0.15) is 18.7 Å². The molecule has 1 N–H and O–H groups in total. The maximum Gasteiger partial charge on any atom is 0.257 e. The maximum absolute atomic E-state index is 12.6. The summed E-state index contributed by atoms with van der Waals surface area (Å²) in [5.41, 5.74) is 2.52. The zero-order valence-corrected chi connectivity index (χ0v) is 16.6. The normalized spacial score (nSPS) is 14.2. The number of carbonyl (C=O) groups excluding carboxylic acids is 1. The van der Waals surface area contributed by atoms with Crippen molar-refractivity contribution in [1.29, 1.82) is 0 Å². The number of hydrogen-bond acceptors (Lipinski definition) is 6. The third-order valence-electron chi connectivity index (χ3n) is 4.51. The summed E-state index contributed by atoms with van der Waals surface area (Å²) in [4.78, 5) is 16.9. The number of aromatic nitrogens is 1. The highest BCUT2D eigenvalue weighted by atomic mass is 32.2. The summed E-state index contributed by atoms with van der Waals surface area (Å²) in [7, 11) is 0. The number of oxazole rings is 1. The Balaban J connectivity index is 1.42. The minimum atomic E-state index is -0.118. The highest BCUT2D eigenvalue weighted by molar-refractivity contribution is 7.99. The Bertz CT molecular complexity index is 952. The Morgan fingerprint density at radius 3 is 2.71 bits per heavy atom.